The minimum Gasteiger partial charge on any atom is -0.397 e. The fourth-order valence-electron chi connectivity index (χ4n) is 1.03. The fraction of sp³-hybridized carbons (Fsp3) is 0.455. The van der Waals surface area contributed by atoms with Crippen LogP contribution in [0.5, 0.6) is 0 Å². The second-order valence-electron chi connectivity index (χ2n) is 4.47. The topological polar surface area (TPSA) is 68.0 Å². The fourth-order valence-corrected chi connectivity index (χ4v) is 1.03. The van der Waals surface area contributed by atoms with Crippen molar-refractivity contribution in [2.75, 3.05) is 5.73 Å². The molecule has 0 spiro atoms. The first-order chi connectivity index (χ1) is 6.91. The van der Waals surface area contributed by atoms with Crippen molar-refractivity contribution >= 4 is 11.6 Å². The number of nitrogens with zero attached hydrogens (tertiary/aromatic N) is 1. The molecule has 1 heterocycles. The van der Waals surface area contributed by atoms with Crippen LogP contribution >= 0.6 is 0 Å². The molecule has 0 fully saturated rings. The van der Waals surface area contributed by atoms with Gasteiger partial charge in [-0.25, -0.2) is 0 Å². The van der Waals surface area contributed by atoms with Crippen LogP contribution in [0.3, 0.4) is 0 Å². The van der Waals surface area contributed by atoms with Crippen molar-refractivity contribution in [1.29, 1.82) is 0 Å². The second-order valence-corrected chi connectivity index (χ2v) is 4.47. The molecule has 0 saturated heterocycles. The van der Waals surface area contributed by atoms with E-state index in [9.17, 15) is 4.79 Å². The molecule has 0 bridgehead atoms. The first kappa shape index (κ1) is 11.5. The molecule has 0 atom stereocenters. The lowest BCUT2D eigenvalue weighted by molar-refractivity contribution is -0.128. The number of carbonyl (C=O) groups is 1. The number of rotatable bonds is 2. The maximum absolute atomic E-state index is 11.6. The lowest BCUT2D eigenvalue weighted by Gasteiger charge is -2.17. The molecule has 82 valence electrons. The van der Waals surface area contributed by atoms with Gasteiger partial charge >= 0.3 is 0 Å². The number of anilines is 1. The molecule has 1 aromatic heterocycles. The smallest absolute Gasteiger partial charge is 0.225 e. The highest BCUT2D eigenvalue weighted by molar-refractivity contribution is 5.81. The number of nitrogens with two attached hydrogens (primary N) is 1. The Morgan fingerprint density at radius 1 is 1.53 bits per heavy atom. The lowest BCUT2D eigenvalue weighted by atomic mass is 9.96. The van der Waals surface area contributed by atoms with Crippen LogP contribution in [-0.2, 0) is 11.3 Å². The van der Waals surface area contributed by atoms with E-state index < -0.39 is 0 Å². The molecular weight excluding hydrogens is 190 g/mol. The zero-order valence-corrected chi connectivity index (χ0v) is 9.37. The minimum atomic E-state index is -0.385. The summed E-state index contributed by atoms with van der Waals surface area (Å²) < 4.78 is 0. The molecule has 0 saturated carbocycles. The molecule has 1 rings (SSSR count). The molecule has 15 heavy (non-hydrogen) atoms. The van der Waals surface area contributed by atoms with E-state index in [1.807, 2.05) is 20.8 Å². The van der Waals surface area contributed by atoms with Crippen LogP contribution in [-0.4, -0.2) is 10.9 Å². The van der Waals surface area contributed by atoms with Crippen molar-refractivity contribution in [1.82, 2.24) is 10.3 Å². The first-order valence-corrected chi connectivity index (χ1v) is 4.89. The van der Waals surface area contributed by atoms with Crippen molar-refractivity contribution in [3.8, 4) is 0 Å². The number of carbonyl (C=O) groups excluding carboxylic acids is 1. The molecule has 0 unspecified atom stereocenters. The van der Waals surface area contributed by atoms with Crippen molar-refractivity contribution in [3.63, 3.8) is 0 Å². The maximum atomic E-state index is 11.6. The minimum absolute atomic E-state index is 0.00690. The van der Waals surface area contributed by atoms with E-state index in [4.69, 9.17) is 5.73 Å². The third-order valence-electron chi connectivity index (χ3n) is 2.02. The average Bonchev–Trinajstić information content (AvgIpc) is 2.14. The number of nitrogen functional groups attached to an aromatic ring is 1. The van der Waals surface area contributed by atoms with E-state index in [0.717, 1.165) is 0 Å². The number of pyridine rings is 1. The Morgan fingerprint density at radius 2 is 2.20 bits per heavy atom. The van der Waals surface area contributed by atoms with Gasteiger partial charge in [-0.05, 0) is 12.1 Å². The van der Waals surface area contributed by atoms with Crippen LogP contribution in [0, 0.1) is 5.41 Å². The highest BCUT2D eigenvalue weighted by Gasteiger charge is 2.20. The van der Waals surface area contributed by atoms with Gasteiger partial charge in [-0.1, -0.05) is 20.8 Å². The van der Waals surface area contributed by atoms with Gasteiger partial charge in [0, 0.05) is 11.6 Å². The van der Waals surface area contributed by atoms with Gasteiger partial charge in [0.1, 0.15) is 0 Å². The summed E-state index contributed by atoms with van der Waals surface area (Å²) in [5.41, 5.74) is 6.62. The van der Waals surface area contributed by atoms with E-state index in [1.165, 1.54) is 0 Å². The van der Waals surface area contributed by atoms with Crippen molar-refractivity contribution in [2.45, 2.75) is 27.3 Å². The van der Waals surface area contributed by atoms with Gasteiger partial charge in [-0.2, -0.15) is 0 Å². The lowest BCUT2D eigenvalue weighted by Crippen LogP contribution is -2.34. The molecule has 0 aliphatic rings. The largest absolute Gasteiger partial charge is 0.397 e. The highest BCUT2D eigenvalue weighted by atomic mass is 16.2. The average molecular weight is 207 g/mol. The Hall–Kier alpha value is -1.58. The van der Waals surface area contributed by atoms with Crippen LogP contribution in [0.2, 0.25) is 0 Å². The predicted octanol–water partition coefficient (Wildman–Crippen LogP) is 1.33. The van der Waals surface area contributed by atoms with Gasteiger partial charge in [0.15, 0.2) is 0 Å². The predicted molar refractivity (Wildman–Crippen MR) is 60.0 cm³/mol. The molecule has 0 aliphatic heterocycles. The van der Waals surface area contributed by atoms with E-state index in [0.29, 0.717) is 17.9 Å². The third kappa shape index (κ3) is 3.23. The normalized spacial score (nSPS) is 11.1. The molecule has 0 radical (unpaired) electrons. The quantitative estimate of drug-likeness (QED) is 0.768. The summed E-state index contributed by atoms with van der Waals surface area (Å²) in [4.78, 5) is 15.7. The molecule has 1 aromatic rings. The van der Waals surface area contributed by atoms with Crippen molar-refractivity contribution in [2.24, 2.45) is 5.41 Å². The molecule has 4 heteroatoms. The first-order valence-electron chi connectivity index (χ1n) is 4.89. The summed E-state index contributed by atoms with van der Waals surface area (Å²) in [6.07, 6.45) is 1.66. The summed E-state index contributed by atoms with van der Waals surface area (Å²) in [5.74, 6) is -0.00690. The Morgan fingerprint density at radius 3 is 2.73 bits per heavy atom. The molecule has 0 aromatic carbocycles. The van der Waals surface area contributed by atoms with Gasteiger partial charge in [0.2, 0.25) is 5.91 Å². The Labute approximate surface area is 89.9 Å². The molecule has 3 N–H and O–H groups in total. The van der Waals surface area contributed by atoms with Gasteiger partial charge in [0.05, 0.1) is 17.9 Å². The monoisotopic (exact) mass is 207 g/mol. The van der Waals surface area contributed by atoms with E-state index in [-0.39, 0.29) is 11.3 Å². The summed E-state index contributed by atoms with van der Waals surface area (Å²) >= 11 is 0. The van der Waals surface area contributed by atoms with E-state index >= 15 is 0 Å². The van der Waals surface area contributed by atoms with Gasteiger partial charge in [0.25, 0.3) is 0 Å². The number of hydrogen-bond donors (Lipinski definition) is 2. The molecule has 4 nitrogen and oxygen atoms in total. The van der Waals surface area contributed by atoms with Crippen LogP contribution in [0.4, 0.5) is 5.69 Å². The maximum Gasteiger partial charge on any atom is 0.225 e. The molecular formula is C11H17N3O. The Kier molecular flexibility index (Phi) is 3.29. The van der Waals surface area contributed by atoms with Crippen LogP contribution in [0.1, 0.15) is 26.5 Å². The van der Waals surface area contributed by atoms with Crippen LogP contribution in [0.25, 0.3) is 0 Å². The highest BCUT2D eigenvalue weighted by Crippen LogP contribution is 2.13. The number of aromatic nitrogens is 1. The van der Waals surface area contributed by atoms with Crippen LogP contribution < -0.4 is 11.1 Å². The number of hydrogen-bond acceptors (Lipinski definition) is 3. The standard InChI is InChI=1S/C11H17N3O/c1-11(2,3)10(15)14-7-9-8(12)5-4-6-13-9/h4-6H,7,12H2,1-3H3,(H,14,15). The molecule has 0 aliphatic carbocycles. The summed E-state index contributed by atoms with van der Waals surface area (Å²) in [5, 5.41) is 2.80. The Bertz CT molecular complexity index is 355. The third-order valence-corrected chi connectivity index (χ3v) is 2.02. The van der Waals surface area contributed by atoms with Crippen molar-refractivity contribution < 1.29 is 4.79 Å². The Balaban J connectivity index is 2.59. The second kappa shape index (κ2) is 4.29. The van der Waals surface area contributed by atoms with E-state index in [2.05, 4.69) is 10.3 Å². The van der Waals surface area contributed by atoms with E-state index in [1.54, 1.807) is 18.3 Å². The number of nitrogens with one attached hydrogen (secondary N) is 1. The SMILES string of the molecule is CC(C)(C)C(=O)NCc1ncccc1N. The summed E-state index contributed by atoms with van der Waals surface area (Å²) in [6.45, 7) is 5.97. The zero-order valence-electron chi connectivity index (χ0n) is 9.37. The summed E-state index contributed by atoms with van der Waals surface area (Å²) in [7, 11) is 0. The number of amides is 1. The van der Waals surface area contributed by atoms with Gasteiger partial charge in [-0.3, -0.25) is 9.78 Å². The summed E-state index contributed by atoms with van der Waals surface area (Å²) in [6, 6.07) is 3.54. The van der Waals surface area contributed by atoms with Crippen molar-refractivity contribution in [3.05, 3.63) is 24.0 Å². The zero-order chi connectivity index (χ0) is 11.5. The molecule has 1 amide bonds. The van der Waals surface area contributed by atoms with Gasteiger partial charge < -0.3 is 11.1 Å². The van der Waals surface area contributed by atoms with Gasteiger partial charge in [-0.15, -0.1) is 0 Å². The van der Waals surface area contributed by atoms with Crippen LogP contribution in [0.15, 0.2) is 18.3 Å².